The van der Waals surface area contributed by atoms with Crippen molar-refractivity contribution in [1.29, 1.82) is 0 Å². The van der Waals surface area contributed by atoms with Crippen molar-refractivity contribution in [2.45, 2.75) is 51.9 Å². The third-order valence-corrected chi connectivity index (χ3v) is 2.92. The molecule has 0 nitrogen and oxygen atoms in total. The largest absolute Gasteiger partial charge is 0.0654 e. The monoisotopic (exact) mass is 203 g/mol. The average molecular weight is 203 g/mol. The van der Waals surface area contributed by atoms with Crippen LogP contribution in [0, 0.1) is 6.92 Å². The molecule has 0 aliphatic carbocycles. The lowest BCUT2D eigenvalue weighted by molar-refractivity contribution is 0.607. The second kappa shape index (κ2) is 7.50. The molecule has 0 heterocycles. The van der Waals surface area contributed by atoms with Crippen molar-refractivity contribution in [2.24, 2.45) is 0 Å². The molecule has 0 saturated carbocycles. The van der Waals surface area contributed by atoms with Gasteiger partial charge in [0, 0.05) is 0 Å². The first-order valence-corrected chi connectivity index (χ1v) is 6.24. The fraction of sp³-hybridized carbons (Fsp3) is 0.533. The zero-order chi connectivity index (χ0) is 10.9. The fourth-order valence-corrected chi connectivity index (χ4v) is 1.90. The van der Waals surface area contributed by atoms with Crippen LogP contribution >= 0.6 is 0 Å². The summed E-state index contributed by atoms with van der Waals surface area (Å²) in [4.78, 5) is 0. The summed E-state index contributed by atoms with van der Waals surface area (Å²) in [6.07, 6.45) is 9.42. The number of aryl methyl sites for hydroxylation is 1. The van der Waals surface area contributed by atoms with Crippen LogP contribution in [-0.2, 0) is 6.42 Å². The van der Waals surface area contributed by atoms with E-state index in [0.717, 1.165) is 0 Å². The second-order valence-corrected chi connectivity index (χ2v) is 4.29. The number of hydrogen-bond donors (Lipinski definition) is 0. The van der Waals surface area contributed by atoms with E-state index in [1.807, 2.05) is 0 Å². The van der Waals surface area contributed by atoms with Crippen molar-refractivity contribution >= 4 is 0 Å². The highest BCUT2D eigenvalue weighted by molar-refractivity contribution is 5.29. The van der Waals surface area contributed by atoms with Crippen LogP contribution in [-0.4, -0.2) is 0 Å². The highest BCUT2D eigenvalue weighted by atomic mass is 14.0. The maximum absolute atomic E-state index is 4.05. The Kier molecular flexibility index (Phi) is 6.15. The molecule has 1 rings (SSSR count). The number of hydrogen-bond acceptors (Lipinski definition) is 0. The number of benzene rings is 1. The summed E-state index contributed by atoms with van der Waals surface area (Å²) in [6, 6.07) is 8.48. The van der Waals surface area contributed by atoms with Gasteiger partial charge in [-0.1, -0.05) is 63.3 Å². The zero-order valence-corrected chi connectivity index (χ0v) is 9.97. The van der Waals surface area contributed by atoms with Gasteiger partial charge in [0.1, 0.15) is 0 Å². The quantitative estimate of drug-likeness (QED) is 0.560. The summed E-state index contributed by atoms with van der Waals surface area (Å²) in [5.41, 5.74) is 2.62. The minimum Gasteiger partial charge on any atom is -0.0654 e. The predicted octanol–water partition coefficient (Wildman–Crippen LogP) is 4.77. The van der Waals surface area contributed by atoms with E-state index in [9.17, 15) is 0 Å². The highest BCUT2D eigenvalue weighted by Gasteiger charge is 1.96. The van der Waals surface area contributed by atoms with Crippen molar-refractivity contribution < 1.29 is 0 Å². The van der Waals surface area contributed by atoms with Crippen LogP contribution in [0.15, 0.2) is 24.3 Å². The van der Waals surface area contributed by atoms with Crippen LogP contribution in [0.3, 0.4) is 0 Å². The van der Waals surface area contributed by atoms with E-state index in [2.05, 4.69) is 38.1 Å². The van der Waals surface area contributed by atoms with Crippen LogP contribution in [0.25, 0.3) is 0 Å². The molecular weight excluding hydrogens is 180 g/mol. The summed E-state index contributed by atoms with van der Waals surface area (Å²) in [7, 11) is 0. The Morgan fingerprint density at radius 2 is 1.60 bits per heavy atom. The van der Waals surface area contributed by atoms with Crippen molar-refractivity contribution in [3.63, 3.8) is 0 Å². The molecule has 0 N–H and O–H groups in total. The molecule has 0 spiro atoms. The third-order valence-electron chi connectivity index (χ3n) is 2.92. The zero-order valence-electron chi connectivity index (χ0n) is 9.97. The summed E-state index contributed by atoms with van der Waals surface area (Å²) >= 11 is 0. The van der Waals surface area contributed by atoms with Crippen molar-refractivity contribution in [1.82, 2.24) is 0 Å². The van der Waals surface area contributed by atoms with Crippen LogP contribution in [0.1, 0.15) is 56.6 Å². The predicted molar refractivity (Wildman–Crippen MR) is 68.0 cm³/mol. The van der Waals surface area contributed by atoms with E-state index in [1.54, 1.807) is 0 Å². The first-order chi connectivity index (χ1) is 7.34. The molecule has 0 fully saturated rings. The van der Waals surface area contributed by atoms with Gasteiger partial charge in [0.15, 0.2) is 0 Å². The molecule has 0 aliphatic rings. The maximum Gasteiger partial charge on any atom is -0.0235 e. The lowest BCUT2D eigenvalue weighted by atomic mass is 10.0. The van der Waals surface area contributed by atoms with Crippen LogP contribution in [0.4, 0.5) is 0 Å². The van der Waals surface area contributed by atoms with E-state index in [4.69, 9.17) is 0 Å². The van der Waals surface area contributed by atoms with Crippen molar-refractivity contribution in [3.8, 4) is 0 Å². The first-order valence-electron chi connectivity index (χ1n) is 6.24. The van der Waals surface area contributed by atoms with E-state index < -0.39 is 0 Å². The molecule has 0 aromatic heterocycles. The van der Waals surface area contributed by atoms with E-state index in [0.29, 0.717) is 0 Å². The van der Waals surface area contributed by atoms with Gasteiger partial charge in [0.2, 0.25) is 0 Å². The molecular formula is C15H23. The number of rotatable bonds is 7. The Labute approximate surface area is 94.7 Å². The van der Waals surface area contributed by atoms with Gasteiger partial charge < -0.3 is 0 Å². The van der Waals surface area contributed by atoms with Gasteiger partial charge in [-0.3, -0.25) is 0 Å². The molecule has 83 valence electrons. The normalized spacial score (nSPS) is 10.5. The molecule has 1 aromatic carbocycles. The molecule has 0 bridgehead atoms. The van der Waals surface area contributed by atoms with Crippen LogP contribution < -0.4 is 0 Å². The fourth-order valence-electron chi connectivity index (χ4n) is 1.90. The maximum atomic E-state index is 4.05. The highest BCUT2D eigenvalue weighted by Crippen LogP contribution is 2.12. The molecule has 0 amide bonds. The van der Waals surface area contributed by atoms with E-state index in [-0.39, 0.29) is 0 Å². The van der Waals surface area contributed by atoms with E-state index in [1.165, 1.54) is 56.1 Å². The summed E-state index contributed by atoms with van der Waals surface area (Å²) in [5, 5.41) is 0. The lowest BCUT2D eigenvalue weighted by Gasteiger charge is -2.04. The molecule has 0 aliphatic heterocycles. The second-order valence-electron chi connectivity index (χ2n) is 4.29. The first kappa shape index (κ1) is 12.3. The Bertz CT molecular complexity index is 262. The lowest BCUT2D eigenvalue weighted by Crippen LogP contribution is -1.89. The van der Waals surface area contributed by atoms with Crippen molar-refractivity contribution in [2.75, 3.05) is 0 Å². The van der Waals surface area contributed by atoms with Gasteiger partial charge in [-0.15, -0.1) is 0 Å². The topological polar surface area (TPSA) is 0 Å². The van der Waals surface area contributed by atoms with Crippen LogP contribution in [0.2, 0.25) is 0 Å². The van der Waals surface area contributed by atoms with Gasteiger partial charge >= 0.3 is 0 Å². The Hall–Kier alpha value is -0.780. The molecule has 0 atom stereocenters. The molecule has 0 saturated heterocycles. The Morgan fingerprint density at radius 3 is 2.33 bits per heavy atom. The average Bonchev–Trinajstić information content (AvgIpc) is 2.25. The molecule has 1 radical (unpaired) electrons. The molecule has 15 heavy (non-hydrogen) atoms. The van der Waals surface area contributed by atoms with Crippen LogP contribution in [0.5, 0.6) is 0 Å². The van der Waals surface area contributed by atoms with Gasteiger partial charge in [0.05, 0.1) is 0 Å². The van der Waals surface area contributed by atoms with Crippen molar-refractivity contribution in [3.05, 3.63) is 42.3 Å². The summed E-state index contributed by atoms with van der Waals surface area (Å²) < 4.78 is 0. The van der Waals surface area contributed by atoms with Gasteiger partial charge in [-0.25, -0.2) is 0 Å². The molecule has 0 unspecified atom stereocenters. The summed E-state index contributed by atoms with van der Waals surface area (Å²) in [5.74, 6) is 0. The van der Waals surface area contributed by atoms with Gasteiger partial charge in [0.25, 0.3) is 0 Å². The van der Waals surface area contributed by atoms with Gasteiger partial charge in [-0.2, -0.15) is 0 Å². The molecule has 0 heteroatoms. The van der Waals surface area contributed by atoms with Gasteiger partial charge in [-0.05, 0) is 30.9 Å². The SMILES string of the molecule is [CH2]c1ccccc1CCCCCCCC. The van der Waals surface area contributed by atoms with E-state index >= 15 is 0 Å². The third kappa shape index (κ3) is 5.01. The summed E-state index contributed by atoms with van der Waals surface area (Å²) in [6.45, 7) is 6.31. The number of unbranched alkanes of at least 4 members (excludes halogenated alkanes) is 5. The smallest absolute Gasteiger partial charge is 0.0235 e. The molecule has 1 aromatic rings. The minimum atomic E-state index is 1.20. The Morgan fingerprint density at radius 1 is 0.933 bits per heavy atom. The standard InChI is InChI=1S/C15H23/c1-3-4-5-6-7-8-12-15-13-10-9-11-14(15)2/h9-11,13H,2-8,12H2,1H3. The minimum absolute atomic E-state index is 1.20. The Balaban J connectivity index is 2.12.